The molecule has 1 fully saturated rings. The van der Waals surface area contributed by atoms with E-state index in [1.807, 2.05) is 0 Å². The Labute approximate surface area is 103 Å². The summed E-state index contributed by atoms with van der Waals surface area (Å²) in [4.78, 5) is 24.2. The number of carbonyl (C=O) groups is 2. The lowest BCUT2D eigenvalue weighted by Gasteiger charge is -2.27. The number of nitrogens with one attached hydrogen (secondary N) is 2. The summed E-state index contributed by atoms with van der Waals surface area (Å²) in [6.45, 7) is 2.24. The number of hydrogen-bond donors (Lipinski definition) is 2. The standard InChI is InChI=1S/C10H16F3N3O2/c11-10(12,13)2-1-8(17)15-7-9(18)16-5-3-14-4-6-16/h14H,1-7H2,(H,15,17). The number of hydrogen-bond acceptors (Lipinski definition) is 3. The summed E-state index contributed by atoms with van der Waals surface area (Å²) in [7, 11) is 0. The average Bonchev–Trinajstić information content (AvgIpc) is 2.33. The second-order valence-electron chi connectivity index (χ2n) is 4.02. The Morgan fingerprint density at radius 3 is 2.39 bits per heavy atom. The van der Waals surface area contributed by atoms with Gasteiger partial charge in [0, 0.05) is 32.6 Å². The molecule has 0 spiro atoms. The van der Waals surface area contributed by atoms with Gasteiger partial charge in [0.05, 0.1) is 13.0 Å². The molecule has 1 aliphatic heterocycles. The summed E-state index contributed by atoms with van der Waals surface area (Å²) >= 11 is 0. The molecular formula is C10H16F3N3O2. The Morgan fingerprint density at radius 2 is 1.83 bits per heavy atom. The van der Waals surface area contributed by atoms with E-state index in [2.05, 4.69) is 10.6 Å². The Kier molecular flexibility index (Phi) is 5.39. The zero-order valence-corrected chi connectivity index (χ0v) is 9.85. The van der Waals surface area contributed by atoms with Crippen molar-refractivity contribution in [1.82, 2.24) is 15.5 Å². The maximum atomic E-state index is 11.8. The molecule has 8 heteroatoms. The van der Waals surface area contributed by atoms with E-state index in [0.29, 0.717) is 26.2 Å². The lowest BCUT2D eigenvalue weighted by molar-refractivity contribution is -0.144. The van der Waals surface area contributed by atoms with Gasteiger partial charge >= 0.3 is 6.18 Å². The van der Waals surface area contributed by atoms with Gasteiger partial charge in [-0.25, -0.2) is 0 Å². The van der Waals surface area contributed by atoms with Gasteiger partial charge in [0.1, 0.15) is 0 Å². The van der Waals surface area contributed by atoms with E-state index in [0.717, 1.165) is 0 Å². The number of nitrogens with zero attached hydrogens (tertiary/aromatic N) is 1. The van der Waals surface area contributed by atoms with Crippen LogP contribution >= 0.6 is 0 Å². The third kappa shape index (κ3) is 5.85. The topological polar surface area (TPSA) is 61.4 Å². The van der Waals surface area contributed by atoms with E-state index in [1.165, 1.54) is 0 Å². The minimum Gasteiger partial charge on any atom is -0.347 e. The summed E-state index contributed by atoms with van der Waals surface area (Å²) in [5.74, 6) is -1.02. The second-order valence-corrected chi connectivity index (χ2v) is 4.02. The third-order valence-electron chi connectivity index (χ3n) is 2.54. The highest BCUT2D eigenvalue weighted by Gasteiger charge is 2.28. The summed E-state index contributed by atoms with van der Waals surface area (Å²) in [5.41, 5.74) is 0. The van der Waals surface area contributed by atoms with Crippen molar-refractivity contribution in [3.63, 3.8) is 0 Å². The Hall–Kier alpha value is -1.31. The van der Waals surface area contributed by atoms with Gasteiger partial charge in [0.2, 0.25) is 11.8 Å². The number of amides is 2. The minimum absolute atomic E-state index is 0.239. The van der Waals surface area contributed by atoms with Crippen LogP contribution in [0, 0.1) is 0 Å². The molecule has 0 saturated carbocycles. The fraction of sp³-hybridized carbons (Fsp3) is 0.800. The highest BCUT2D eigenvalue weighted by atomic mass is 19.4. The zero-order chi connectivity index (χ0) is 13.6. The van der Waals surface area contributed by atoms with Crippen molar-refractivity contribution in [2.75, 3.05) is 32.7 Å². The van der Waals surface area contributed by atoms with E-state index in [9.17, 15) is 22.8 Å². The van der Waals surface area contributed by atoms with Crippen molar-refractivity contribution >= 4 is 11.8 Å². The van der Waals surface area contributed by atoms with Crippen LogP contribution in [0.4, 0.5) is 13.2 Å². The number of piperazine rings is 1. The fourth-order valence-corrected chi connectivity index (χ4v) is 1.54. The maximum Gasteiger partial charge on any atom is 0.389 e. The van der Waals surface area contributed by atoms with Crippen molar-refractivity contribution in [1.29, 1.82) is 0 Å². The van der Waals surface area contributed by atoms with Gasteiger partial charge in [-0.1, -0.05) is 0 Å². The van der Waals surface area contributed by atoms with Crippen LogP contribution < -0.4 is 10.6 Å². The molecule has 2 amide bonds. The molecule has 0 bridgehead atoms. The molecule has 1 saturated heterocycles. The fourth-order valence-electron chi connectivity index (χ4n) is 1.54. The Morgan fingerprint density at radius 1 is 1.22 bits per heavy atom. The predicted molar refractivity (Wildman–Crippen MR) is 57.7 cm³/mol. The first-order chi connectivity index (χ1) is 8.38. The SMILES string of the molecule is O=C(CCC(F)(F)F)NCC(=O)N1CCNCC1. The monoisotopic (exact) mass is 267 g/mol. The van der Waals surface area contributed by atoms with Gasteiger partial charge in [-0.05, 0) is 0 Å². The van der Waals surface area contributed by atoms with E-state index < -0.39 is 24.9 Å². The quantitative estimate of drug-likeness (QED) is 0.746. The molecule has 1 aliphatic rings. The zero-order valence-electron chi connectivity index (χ0n) is 9.85. The van der Waals surface area contributed by atoms with E-state index in [1.54, 1.807) is 4.90 Å². The molecule has 0 aromatic rings. The van der Waals surface area contributed by atoms with Crippen molar-refractivity contribution in [3.8, 4) is 0 Å². The smallest absolute Gasteiger partial charge is 0.347 e. The maximum absolute atomic E-state index is 11.8. The molecule has 1 rings (SSSR count). The van der Waals surface area contributed by atoms with Crippen LogP contribution in [0.3, 0.4) is 0 Å². The van der Waals surface area contributed by atoms with E-state index in [-0.39, 0.29) is 12.5 Å². The van der Waals surface area contributed by atoms with Crippen LogP contribution in [0.5, 0.6) is 0 Å². The molecule has 1 heterocycles. The molecule has 18 heavy (non-hydrogen) atoms. The average molecular weight is 267 g/mol. The summed E-state index contributed by atoms with van der Waals surface area (Å²) in [5, 5.41) is 5.27. The highest BCUT2D eigenvalue weighted by Crippen LogP contribution is 2.20. The van der Waals surface area contributed by atoms with Crippen LogP contribution in [-0.4, -0.2) is 55.6 Å². The van der Waals surface area contributed by atoms with E-state index >= 15 is 0 Å². The third-order valence-corrected chi connectivity index (χ3v) is 2.54. The van der Waals surface area contributed by atoms with Gasteiger partial charge in [-0.2, -0.15) is 13.2 Å². The molecular weight excluding hydrogens is 251 g/mol. The summed E-state index contributed by atoms with van der Waals surface area (Å²) in [6, 6.07) is 0. The molecule has 0 aromatic heterocycles. The van der Waals surface area contributed by atoms with Crippen LogP contribution in [-0.2, 0) is 9.59 Å². The first-order valence-corrected chi connectivity index (χ1v) is 5.70. The molecule has 0 unspecified atom stereocenters. The van der Waals surface area contributed by atoms with Gasteiger partial charge in [-0.3, -0.25) is 9.59 Å². The Bertz CT molecular complexity index is 301. The van der Waals surface area contributed by atoms with Gasteiger partial charge in [-0.15, -0.1) is 0 Å². The normalized spacial score (nSPS) is 16.5. The van der Waals surface area contributed by atoms with Crippen LogP contribution in [0.1, 0.15) is 12.8 Å². The second kappa shape index (κ2) is 6.58. The van der Waals surface area contributed by atoms with Gasteiger partial charge in [0.25, 0.3) is 0 Å². The van der Waals surface area contributed by atoms with Gasteiger partial charge in [0.15, 0.2) is 0 Å². The lowest BCUT2D eigenvalue weighted by Crippen LogP contribution is -2.49. The molecule has 0 radical (unpaired) electrons. The molecule has 2 N–H and O–H groups in total. The first-order valence-electron chi connectivity index (χ1n) is 5.70. The molecule has 0 aliphatic carbocycles. The van der Waals surface area contributed by atoms with Crippen molar-refractivity contribution in [2.24, 2.45) is 0 Å². The molecule has 104 valence electrons. The molecule has 5 nitrogen and oxygen atoms in total. The summed E-state index contributed by atoms with van der Waals surface area (Å²) < 4.78 is 35.5. The van der Waals surface area contributed by atoms with Crippen molar-refractivity contribution in [2.45, 2.75) is 19.0 Å². The molecule has 0 atom stereocenters. The van der Waals surface area contributed by atoms with Crippen molar-refractivity contribution < 1.29 is 22.8 Å². The Balaban J connectivity index is 2.19. The summed E-state index contributed by atoms with van der Waals surface area (Å²) in [6.07, 6.45) is -6.15. The number of rotatable bonds is 4. The first kappa shape index (κ1) is 14.7. The number of alkyl halides is 3. The van der Waals surface area contributed by atoms with Crippen LogP contribution in [0.25, 0.3) is 0 Å². The lowest BCUT2D eigenvalue weighted by atomic mass is 10.3. The van der Waals surface area contributed by atoms with Gasteiger partial charge < -0.3 is 15.5 Å². The number of carbonyl (C=O) groups excluding carboxylic acids is 2. The van der Waals surface area contributed by atoms with Crippen LogP contribution in [0.2, 0.25) is 0 Å². The largest absolute Gasteiger partial charge is 0.389 e. The minimum atomic E-state index is -4.35. The predicted octanol–water partition coefficient (Wildman–Crippen LogP) is -0.123. The highest BCUT2D eigenvalue weighted by molar-refractivity contribution is 5.84. The van der Waals surface area contributed by atoms with E-state index in [4.69, 9.17) is 0 Å². The number of halogens is 3. The van der Waals surface area contributed by atoms with Crippen molar-refractivity contribution in [3.05, 3.63) is 0 Å². The molecule has 0 aromatic carbocycles. The van der Waals surface area contributed by atoms with Crippen LogP contribution in [0.15, 0.2) is 0 Å².